The van der Waals surface area contributed by atoms with Crippen LogP contribution in [0.5, 0.6) is 0 Å². The smallest absolute Gasteiger partial charge is 0.0180 e. The molecule has 0 atom stereocenters. The van der Waals surface area contributed by atoms with Gasteiger partial charge in [0.05, 0.1) is 0 Å². The predicted molar refractivity (Wildman–Crippen MR) is 87.9 cm³/mol. The molecule has 0 saturated carbocycles. The van der Waals surface area contributed by atoms with E-state index in [1.54, 1.807) is 0 Å². The molecule has 0 aliphatic heterocycles. The fraction of sp³-hybridized carbons (Fsp3) is 0.647. The molecular formula is C17H30ClN. The molecule has 1 rings (SSSR count). The van der Waals surface area contributed by atoms with Crippen LogP contribution in [0.4, 0.5) is 0 Å². The van der Waals surface area contributed by atoms with Gasteiger partial charge in [-0.05, 0) is 24.0 Å². The van der Waals surface area contributed by atoms with Gasteiger partial charge in [0, 0.05) is 6.54 Å². The van der Waals surface area contributed by atoms with Gasteiger partial charge in [0.1, 0.15) is 0 Å². The summed E-state index contributed by atoms with van der Waals surface area (Å²) in [6.45, 7) is 2.95. The highest BCUT2D eigenvalue weighted by Crippen LogP contribution is 2.14. The Bertz CT molecular complexity index is 312. The molecule has 0 fully saturated rings. The Balaban J connectivity index is 0.00000324. The zero-order valence-corrected chi connectivity index (χ0v) is 13.2. The van der Waals surface area contributed by atoms with Crippen molar-refractivity contribution in [2.24, 2.45) is 5.73 Å². The second kappa shape index (κ2) is 12.5. The highest BCUT2D eigenvalue weighted by molar-refractivity contribution is 5.85. The predicted octanol–water partition coefficient (Wildman–Crippen LogP) is 5.25. The van der Waals surface area contributed by atoms with Crippen LogP contribution >= 0.6 is 12.4 Å². The highest BCUT2D eigenvalue weighted by atomic mass is 35.5. The van der Waals surface area contributed by atoms with Crippen molar-refractivity contribution >= 4 is 12.4 Å². The van der Waals surface area contributed by atoms with Crippen molar-refractivity contribution < 1.29 is 0 Å². The van der Waals surface area contributed by atoms with Gasteiger partial charge < -0.3 is 5.73 Å². The molecule has 0 saturated heterocycles. The number of rotatable bonds is 10. The van der Waals surface area contributed by atoms with E-state index in [-0.39, 0.29) is 12.4 Å². The van der Waals surface area contributed by atoms with E-state index >= 15 is 0 Å². The van der Waals surface area contributed by atoms with E-state index in [1.165, 1.54) is 68.9 Å². The summed E-state index contributed by atoms with van der Waals surface area (Å²) in [4.78, 5) is 0. The van der Waals surface area contributed by atoms with Gasteiger partial charge in [-0.3, -0.25) is 0 Å². The monoisotopic (exact) mass is 283 g/mol. The SMILES string of the molecule is CCCCCCCCCCc1ccccc1CN.Cl. The van der Waals surface area contributed by atoms with Crippen LogP contribution in [0.15, 0.2) is 24.3 Å². The molecule has 1 aromatic rings. The van der Waals surface area contributed by atoms with Gasteiger partial charge in [0.15, 0.2) is 0 Å². The Kier molecular flexibility index (Phi) is 12.2. The van der Waals surface area contributed by atoms with Gasteiger partial charge in [-0.1, -0.05) is 76.1 Å². The van der Waals surface area contributed by atoms with Crippen LogP contribution in [-0.4, -0.2) is 0 Å². The minimum absolute atomic E-state index is 0. The second-order valence-corrected chi connectivity index (χ2v) is 5.20. The summed E-state index contributed by atoms with van der Waals surface area (Å²) in [5.41, 5.74) is 8.52. The summed E-state index contributed by atoms with van der Waals surface area (Å²) in [6, 6.07) is 8.59. The molecule has 2 N–H and O–H groups in total. The molecule has 0 spiro atoms. The van der Waals surface area contributed by atoms with Gasteiger partial charge in [-0.15, -0.1) is 12.4 Å². The van der Waals surface area contributed by atoms with Gasteiger partial charge >= 0.3 is 0 Å². The molecular weight excluding hydrogens is 254 g/mol. The number of aryl methyl sites for hydroxylation is 1. The average Bonchev–Trinajstić information content (AvgIpc) is 2.42. The maximum absolute atomic E-state index is 5.75. The van der Waals surface area contributed by atoms with Gasteiger partial charge in [-0.2, -0.15) is 0 Å². The molecule has 19 heavy (non-hydrogen) atoms. The molecule has 0 amide bonds. The van der Waals surface area contributed by atoms with Crippen molar-refractivity contribution in [3.8, 4) is 0 Å². The molecule has 0 bridgehead atoms. The number of nitrogens with two attached hydrogens (primary N) is 1. The van der Waals surface area contributed by atoms with E-state index in [1.807, 2.05) is 0 Å². The Hall–Kier alpha value is -0.530. The van der Waals surface area contributed by atoms with Crippen LogP contribution in [0.3, 0.4) is 0 Å². The third kappa shape index (κ3) is 8.28. The zero-order valence-electron chi connectivity index (χ0n) is 12.4. The van der Waals surface area contributed by atoms with E-state index in [0.29, 0.717) is 6.54 Å². The van der Waals surface area contributed by atoms with E-state index in [9.17, 15) is 0 Å². The van der Waals surface area contributed by atoms with Crippen molar-refractivity contribution in [3.63, 3.8) is 0 Å². The number of hydrogen-bond donors (Lipinski definition) is 1. The quantitative estimate of drug-likeness (QED) is 0.583. The molecule has 1 nitrogen and oxygen atoms in total. The third-order valence-electron chi connectivity index (χ3n) is 3.64. The number of halogens is 1. The lowest BCUT2D eigenvalue weighted by molar-refractivity contribution is 0.575. The third-order valence-corrected chi connectivity index (χ3v) is 3.64. The molecule has 0 aliphatic rings. The van der Waals surface area contributed by atoms with Crippen molar-refractivity contribution in [2.75, 3.05) is 0 Å². The topological polar surface area (TPSA) is 26.0 Å². The van der Waals surface area contributed by atoms with Gasteiger partial charge in [0.25, 0.3) is 0 Å². The summed E-state index contributed by atoms with van der Waals surface area (Å²) in [7, 11) is 0. The lowest BCUT2D eigenvalue weighted by Gasteiger charge is -2.07. The summed E-state index contributed by atoms with van der Waals surface area (Å²) >= 11 is 0. The largest absolute Gasteiger partial charge is 0.326 e. The van der Waals surface area contributed by atoms with Crippen LogP contribution in [0.1, 0.15) is 69.4 Å². The second-order valence-electron chi connectivity index (χ2n) is 5.20. The van der Waals surface area contributed by atoms with Crippen LogP contribution in [0.25, 0.3) is 0 Å². The summed E-state index contributed by atoms with van der Waals surface area (Å²) in [5, 5.41) is 0. The fourth-order valence-electron chi connectivity index (χ4n) is 2.45. The van der Waals surface area contributed by atoms with E-state index in [4.69, 9.17) is 5.73 Å². The lowest BCUT2D eigenvalue weighted by Crippen LogP contribution is -2.01. The van der Waals surface area contributed by atoms with Crippen LogP contribution in [-0.2, 0) is 13.0 Å². The van der Waals surface area contributed by atoms with E-state index < -0.39 is 0 Å². The first kappa shape index (κ1) is 18.5. The fourth-order valence-corrected chi connectivity index (χ4v) is 2.45. The van der Waals surface area contributed by atoms with Crippen molar-refractivity contribution in [3.05, 3.63) is 35.4 Å². The van der Waals surface area contributed by atoms with E-state index in [0.717, 1.165) is 0 Å². The number of unbranched alkanes of at least 4 members (excludes halogenated alkanes) is 7. The van der Waals surface area contributed by atoms with Crippen LogP contribution < -0.4 is 5.73 Å². The Morgan fingerprint density at radius 3 is 1.89 bits per heavy atom. The molecule has 0 aromatic heterocycles. The van der Waals surface area contributed by atoms with Crippen molar-refractivity contribution in [2.45, 2.75) is 71.3 Å². The molecule has 1 aromatic carbocycles. The number of benzene rings is 1. The van der Waals surface area contributed by atoms with Crippen LogP contribution in [0, 0.1) is 0 Å². The van der Waals surface area contributed by atoms with Gasteiger partial charge in [0.2, 0.25) is 0 Å². The standard InChI is InChI=1S/C17H29N.ClH/c1-2-3-4-5-6-7-8-9-12-16-13-10-11-14-17(16)15-18;/h10-11,13-14H,2-9,12,15,18H2,1H3;1H. The summed E-state index contributed by atoms with van der Waals surface area (Å²) in [5.74, 6) is 0. The molecule has 0 radical (unpaired) electrons. The first-order valence-corrected chi connectivity index (χ1v) is 7.65. The van der Waals surface area contributed by atoms with Crippen molar-refractivity contribution in [1.82, 2.24) is 0 Å². The Morgan fingerprint density at radius 1 is 0.789 bits per heavy atom. The van der Waals surface area contributed by atoms with E-state index in [2.05, 4.69) is 31.2 Å². The minimum Gasteiger partial charge on any atom is -0.326 e. The van der Waals surface area contributed by atoms with Crippen molar-refractivity contribution in [1.29, 1.82) is 0 Å². The Morgan fingerprint density at radius 2 is 1.32 bits per heavy atom. The molecule has 0 unspecified atom stereocenters. The maximum atomic E-state index is 5.75. The lowest BCUT2D eigenvalue weighted by atomic mass is 10.0. The summed E-state index contributed by atoms with van der Waals surface area (Å²) < 4.78 is 0. The first-order valence-electron chi connectivity index (χ1n) is 7.65. The highest BCUT2D eigenvalue weighted by Gasteiger charge is 1.99. The Labute approximate surface area is 125 Å². The molecule has 110 valence electrons. The summed E-state index contributed by atoms with van der Waals surface area (Å²) in [6.07, 6.45) is 12.3. The molecule has 0 heterocycles. The van der Waals surface area contributed by atoms with Gasteiger partial charge in [-0.25, -0.2) is 0 Å². The first-order chi connectivity index (χ1) is 8.88. The number of hydrogen-bond acceptors (Lipinski definition) is 1. The minimum atomic E-state index is 0. The van der Waals surface area contributed by atoms with Crippen LogP contribution in [0.2, 0.25) is 0 Å². The zero-order chi connectivity index (χ0) is 13.1. The average molecular weight is 284 g/mol. The normalized spacial score (nSPS) is 10.2. The molecule has 2 heteroatoms. The molecule has 0 aliphatic carbocycles. The maximum Gasteiger partial charge on any atom is 0.0180 e.